The van der Waals surface area contributed by atoms with Crippen LogP contribution in [0.3, 0.4) is 0 Å². The molecule has 1 unspecified atom stereocenters. The summed E-state index contributed by atoms with van der Waals surface area (Å²) in [5.74, 6) is 0.308. The first-order chi connectivity index (χ1) is 22.1. The maximum atomic E-state index is 13.0. The molecule has 0 radical (unpaired) electrons. The number of aryl methyl sites for hydroxylation is 1. The molecule has 5 aromatic rings. The maximum Gasteiger partial charge on any atom is 0.407 e. The van der Waals surface area contributed by atoms with E-state index in [9.17, 15) is 9.59 Å². The molecule has 0 saturated carbocycles. The number of hydrogen-bond acceptors (Lipinski definition) is 7. The molecule has 2 aromatic carbocycles. The SMILES string of the molecule is Cn1ccc2ccc(-c3cc(NC(c4cccnc4)C4CCN(C(=O)CCNC(=O)OC(C)(C)C)CC4)cc4nccnc34)cc21. The molecule has 10 nitrogen and oxygen atoms in total. The van der Waals surface area contributed by atoms with Crippen molar-refractivity contribution in [3.05, 3.63) is 85.1 Å². The summed E-state index contributed by atoms with van der Waals surface area (Å²) < 4.78 is 7.40. The minimum absolute atomic E-state index is 0.0166. The van der Waals surface area contributed by atoms with Crippen LogP contribution in [0.2, 0.25) is 0 Å². The van der Waals surface area contributed by atoms with Crippen molar-refractivity contribution in [3.63, 3.8) is 0 Å². The molecule has 3 aromatic heterocycles. The average molecular weight is 620 g/mol. The molecule has 2 N–H and O–H groups in total. The number of carbonyl (C=O) groups is 2. The monoisotopic (exact) mass is 619 g/mol. The van der Waals surface area contributed by atoms with E-state index in [0.29, 0.717) is 13.1 Å². The molecule has 0 aliphatic carbocycles. The topological polar surface area (TPSA) is 114 Å². The van der Waals surface area contributed by atoms with Crippen molar-refractivity contribution >= 4 is 39.6 Å². The molecule has 10 heteroatoms. The Balaban J connectivity index is 1.20. The van der Waals surface area contributed by atoms with Crippen molar-refractivity contribution in [1.29, 1.82) is 0 Å². The number of pyridine rings is 1. The fourth-order valence-corrected chi connectivity index (χ4v) is 6.25. The van der Waals surface area contributed by atoms with Gasteiger partial charge in [0.2, 0.25) is 5.91 Å². The summed E-state index contributed by atoms with van der Waals surface area (Å²) >= 11 is 0. The largest absolute Gasteiger partial charge is 0.444 e. The van der Waals surface area contributed by atoms with Crippen LogP contribution in [0.25, 0.3) is 33.1 Å². The van der Waals surface area contributed by atoms with Crippen molar-refractivity contribution in [2.45, 2.75) is 51.7 Å². The number of alkyl carbamates (subject to hydrolysis) is 1. The molecule has 238 valence electrons. The van der Waals surface area contributed by atoms with Gasteiger partial charge < -0.3 is 24.8 Å². The van der Waals surface area contributed by atoms with E-state index in [1.165, 1.54) is 5.39 Å². The number of fused-ring (bicyclic) bond motifs is 2. The van der Waals surface area contributed by atoms with E-state index in [-0.39, 0.29) is 30.8 Å². The molecule has 2 amide bonds. The van der Waals surface area contributed by atoms with Crippen LogP contribution in [0.4, 0.5) is 10.5 Å². The average Bonchev–Trinajstić information content (AvgIpc) is 3.42. The van der Waals surface area contributed by atoms with Crippen LogP contribution < -0.4 is 10.6 Å². The molecule has 4 heterocycles. The Morgan fingerprint density at radius 1 is 1.02 bits per heavy atom. The number of nitrogens with zero attached hydrogens (tertiary/aromatic N) is 5. The summed E-state index contributed by atoms with van der Waals surface area (Å²) in [4.78, 5) is 40.7. The van der Waals surface area contributed by atoms with Gasteiger partial charge in [0.05, 0.1) is 17.1 Å². The number of nitrogens with one attached hydrogen (secondary N) is 2. The molecule has 6 rings (SSSR count). The number of aromatic nitrogens is 4. The van der Waals surface area contributed by atoms with Gasteiger partial charge in [-0.15, -0.1) is 0 Å². The van der Waals surface area contributed by atoms with Gasteiger partial charge in [0.25, 0.3) is 0 Å². The first kappa shape index (κ1) is 31.0. The lowest BCUT2D eigenvalue weighted by Gasteiger charge is -2.37. The summed E-state index contributed by atoms with van der Waals surface area (Å²) in [6.45, 7) is 6.99. The minimum atomic E-state index is -0.576. The lowest BCUT2D eigenvalue weighted by molar-refractivity contribution is -0.132. The van der Waals surface area contributed by atoms with E-state index in [2.05, 4.69) is 80.9 Å². The van der Waals surface area contributed by atoms with Crippen molar-refractivity contribution in [2.24, 2.45) is 13.0 Å². The molecule has 1 aliphatic rings. The lowest BCUT2D eigenvalue weighted by Crippen LogP contribution is -2.42. The smallest absolute Gasteiger partial charge is 0.407 e. The zero-order valence-corrected chi connectivity index (χ0v) is 26.9. The van der Waals surface area contributed by atoms with Crippen LogP contribution in [0.15, 0.2) is 79.5 Å². The third-order valence-corrected chi connectivity index (χ3v) is 8.51. The highest BCUT2D eigenvalue weighted by Gasteiger charge is 2.30. The fraction of sp³-hybridized carbons (Fsp3) is 0.361. The highest BCUT2D eigenvalue weighted by atomic mass is 16.6. The van der Waals surface area contributed by atoms with Gasteiger partial charge in [0, 0.05) is 80.9 Å². The Bertz CT molecular complexity index is 1840. The van der Waals surface area contributed by atoms with Crippen LogP contribution in [0.5, 0.6) is 0 Å². The highest BCUT2D eigenvalue weighted by Crippen LogP contribution is 2.37. The number of anilines is 1. The number of likely N-dealkylation sites (tertiary alicyclic amines) is 1. The first-order valence-electron chi connectivity index (χ1n) is 15.9. The standard InChI is InChI=1S/C36H41N7O3/c1-36(2,3)46-35(45)40-14-9-32(44)43-18-11-25(12-19-43)33(27-6-5-13-37-23-27)41-28-21-29(34-30(22-28)38-15-16-39-34)26-8-7-24-10-17-42(4)31(24)20-26/h5-8,10,13,15-17,20-23,25,33,41H,9,11-12,14,18-19H2,1-4H3,(H,40,45). The van der Waals surface area contributed by atoms with Crippen LogP contribution in [-0.4, -0.2) is 61.7 Å². The number of benzene rings is 2. The molecule has 1 fully saturated rings. The summed E-state index contributed by atoms with van der Waals surface area (Å²) in [7, 11) is 2.06. The Morgan fingerprint density at radius 2 is 1.83 bits per heavy atom. The highest BCUT2D eigenvalue weighted by molar-refractivity contribution is 5.97. The number of piperidine rings is 1. The second-order valence-electron chi connectivity index (χ2n) is 13.0. The summed E-state index contributed by atoms with van der Waals surface area (Å²) in [5, 5.41) is 7.72. The Hall–Kier alpha value is -4.99. The minimum Gasteiger partial charge on any atom is -0.444 e. The van der Waals surface area contributed by atoms with E-state index in [0.717, 1.165) is 51.8 Å². The Morgan fingerprint density at radius 3 is 2.59 bits per heavy atom. The summed E-state index contributed by atoms with van der Waals surface area (Å²) in [5.41, 5.74) is 6.40. The summed E-state index contributed by atoms with van der Waals surface area (Å²) in [6, 6.07) is 16.9. The van der Waals surface area contributed by atoms with Gasteiger partial charge in [-0.05, 0) is 86.4 Å². The predicted molar refractivity (Wildman–Crippen MR) is 180 cm³/mol. The third kappa shape index (κ3) is 7.11. The predicted octanol–water partition coefficient (Wildman–Crippen LogP) is 6.49. The van der Waals surface area contributed by atoms with Crippen molar-refractivity contribution in [3.8, 4) is 11.1 Å². The molecule has 1 saturated heterocycles. The molecule has 46 heavy (non-hydrogen) atoms. The zero-order chi connectivity index (χ0) is 32.3. The molecule has 0 bridgehead atoms. The molecule has 1 atom stereocenters. The Labute approximate surface area is 269 Å². The van der Waals surface area contributed by atoms with E-state index in [1.54, 1.807) is 18.6 Å². The summed E-state index contributed by atoms with van der Waals surface area (Å²) in [6.07, 6.45) is 10.6. The van der Waals surface area contributed by atoms with Crippen LogP contribution in [-0.2, 0) is 16.6 Å². The normalized spacial score (nSPS) is 14.7. The lowest BCUT2D eigenvalue weighted by atomic mass is 9.85. The van der Waals surface area contributed by atoms with Crippen LogP contribution in [0, 0.1) is 5.92 Å². The Kier molecular flexibility index (Phi) is 8.87. The van der Waals surface area contributed by atoms with E-state index >= 15 is 0 Å². The maximum absolute atomic E-state index is 13.0. The number of ether oxygens (including phenoxy) is 1. The van der Waals surface area contributed by atoms with Gasteiger partial charge in [-0.25, -0.2) is 4.79 Å². The molecular weight excluding hydrogens is 578 g/mol. The van der Waals surface area contributed by atoms with Gasteiger partial charge in [-0.2, -0.15) is 0 Å². The van der Waals surface area contributed by atoms with Gasteiger partial charge in [0.1, 0.15) is 5.60 Å². The van der Waals surface area contributed by atoms with E-state index in [1.807, 2.05) is 37.9 Å². The quantitative estimate of drug-likeness (QED) is 0.204. The van der Waals surface area contributed by atoms with Gasteiger partial charge >= 0.3 is 6.09 Å². The fourth-order valence-electron chi connectivity index (χ4n) is 6.25. The van der Waals surface area contributed by atoms with E-state index in [4.69, 9.17) is 9.72 Å². The van der Waals surface area contributed by atoms with E-state index < -0.39 is 11.7 Å². The van der Waals surface area contributed by atoms with Gasteiger partial charge in [-0.3, -0.25) is 19.7 Å². The second-order valence-corrected chi connectivity index (χ2v) is 13.0. The van der Waals surface area contributed by atoms with Crippen molar-refractivity contribution < 1.29 is 14.3 Å². The molecular formula is C36H41N7O3. The van der Waals surface area contributed by atoms with Crippen molar-refractivity contribution in [1.82, 2.24) is 29.7 Å². The van der Waals surface area contributed by atoms with Gasteiger partial charge in [-0.1, -0.05) is 18.2 Å². The zero-order valence-electron chi connectivity index (χ0n) is 26.9. The first-order valence-corrected chi connectivity index (χ1v) is 15.9. The molecule has 1 aliphatic heterocycles. The number of carbonyl (C=O) groups excluding carboxylic acids is 2. The number of amides is 2. The van der Waals surface area contributed by atoms with Crippen molar-refractivity contribution in [2.75, 3.05) is 25.0 Å². The van der Waals surface area contributed by atoms with Gasteiger partial charge in [0.15, 0.2) is 0 Å². The number of hydrogen-bond donors (Lipinski definition) is 2. The van der Waals surface area contributed by atoms with Crippen LogP contribution >= 0.6 is 0 Å². The third-order valence-electron chi connectivity index (χ3n) is 8.51. The number of rotatable bonds is 8. The second kappa shape index (κ2) is 13.2. The van der Waals surface area contributed by atoms with Crippen LogP contribution in [0.1, 0.15) is 51.6 Å². The molecule has 0 spiro atoms.